The quantitative estimate of drug-likeness (QED) is 0.563. The molecule has 0 aliphatic carbocycles. The van der Waals surface area contributed by atoms with E-state index in [1.165, 1.54) is 5.56 Å². The Kier molecular flexibility index (Phi) is 7.80. The molecular weight excluding hydrogens is 326 g/mol. The monoisotopic (exact) mass is 355 g/mol. The summed E-state index contributed by atoms with van der Waals surface area (Å²) < 4.78 is 11.3. The van der Waals surface area contributed by atoms with Crippen molar-refractivity contribution < 1.29 is 9.47 Å². The standard InChI is InChI=1S/C21H29N3O2/c1-16(18-10-6-5-7-11-18)14-23-21(22-3)24-15-17(2)26-20-13-9-8-12-19(20)25-4/h5-13,16-17H,14-15H2,1-4H3,(H2,22,23,24). The molecule has 0 fully saturated rings. The fourth-order valence-corrected chi connectivity index (χ4v) is 2.58. The predicted octanol–water partition coefficient (Wildman–Crippen LogP) is 3.43. The summed E-state index contributed by atoms with van der Waals surface area (Å²) in [7, 11) is 3.42. The molecule has 0 bridgehead atoms. The van der Waals surface area contributed by atoms with Gasteiger partial charge in [-0.15, -0.1) is 0 Å². The molecule has 0 spiro atoms. The highest BCUT2D eigenvalue weighted by molar-refractivity contribution is 5.79. The van der Waals surface area contributed by atoms with Gasteiger partial charge in [-0.3, -0.25) is 4.99 Å². The molecule has 2 N–H and O–H groups in total. The minimum Gasteiger partial charge on any atom is -0.493 e. The van der Waals surface area contributed by atoms with Gasteiger partial charge in [0.1, 0.15) is 6.10 Å². The molecule has 2 aromatic carbocycles. The van der Waals surface area contributed by atoms with Gasteiger partial charge in [-0.25, -0.2) is 0 Å². The van der Waals surface area contributed by atoms with E-state index >= 15 is 0 Å². The zero-order valence-electron chi connectivity index (χ0n) is 16.0. The number of guanidine groups is 1. The Morgan fingerprint density at radius 3 is 2.19 bits per heavy atom. The lowest BCUT2D eigenvalue weighted by atomic mass is 10.0. The molecule has 2 rings (SSSR count). The smallest absolute Gasteiger partial charge is 0.191 e. The highest BCUT2D eigenvalue weighted by atomic mass is 16.5. The van der Waals surface area contributed by atoms with E-state index in [-0.39, 0.29) is 6.10 Å². The van der Waals surface area contributed by atoms with E-state index in [4.69, 9.17) is 9.47 Å². The van der Waals surface area contributed by atoms with Crippen molar-refractivity contribution in [3.05, 3.63) is 60.2 Å². The number of ether oxygens (including phenoxy) is 2. The normalized spacial score (nSPS) is 13.6. The highest BCUT2D eigenvalue weighted by Crippen LogP contribution is 2.26. The van der Waals surface area contributed by atoms with E-state index in [0.717, 1.165) is 24.0 Å². The molecule has 5 heteroatoms. The van der Waals surface area contributed by atoms with Crippen molar-refractivity contribution in [2.45, 2.75) is 25.9 Å². The van der Waals surface area contributed by atoms with Gasteiger partial charge in [0.25, 0.3) is 0 Å². The summed E-state index contributed by atoms with van der Waals surface area (Å²) in [5.41, 5.74) is 1.31. The van der Waals surface area contributed by atoms with Gasteiger partial charge >= 0.3 is 0 Å². The van der Waals surface area contributed by atoms with Crippen LogP contribution in [0.15, 0.2) is 59.6 Å². The first-order chi connectivity index (χ1) is 12.6. The average molecular weight is 355 g/mol. The number of hydrogen-bond acceptors (Lipinski definition) is 3. The number of methoxy groups -OCH3 is 1. The van der Waals surface area contributed by atoms with Gasteiger partial charge in [0.2, 0.25) is 0 Å². The average Bonchev–Trinajstić information content (AvgIpc) is 2.69. The lowest BCUT2D eigenvalue weighted by Gasteiger charge is -2.20. The van der Waals surface area contributed by atoms with E-state index in [0.29, 0.717) is 12.5 Å². The first-order valence-corrected chi connectivity index (χ1v) is 8.93. The molecule has 2 unspecified atom stereocenters. The van der Waals surface area contributed by atoms with Gasteiger partial charge in [0, 0.05) is 13.6 Å². The van der Waals surface area contributed by atoms with Crippen LogP contribution >= 0.6 is 0 Å². The van der Waals surface area contributed by atoms with Gasteiger partial charge < -0.3 is 20.1 Å². The van der Waals surface area contributed by atoms with Gasteiger partial charge in [0.05, 0.1) is 13.7 Å². The molecule has 140 valence electrons. The highest BCUT2D eigenvalue weighted by Gasteiger charge is 2.10. The Hall–Kier alpha value is -2.69. The van der Waals surface area contributed by atoms with Crippen LogP contribution in [0.2, 0.25) is 0 Å². The molecule has 5 nitrogen and oxygen atoms in total. The molecule has 0 radical (unpaired) electrons. The van der Waals surface area contributed by atoms with Crippen LogP contribution in [0.4, 0.5) is 0 Å². The number of hydrogen-bond donors (Lipinski definition) is 2. The van der Waals surface area contributed by atoms with E-state index in [1.54, 1.807) is 14.2 Å². The van der Waals surface area contributed by atoms with Crippen molar-refractivity contribution in [3.63, 3.8) is 0 Å². The second-order valence-electron chi connectivity index (χ2n) is 6.23. The van der Waals surface area contributed by atoms with Crippen LogP contribution in [-0.2, 0) is 0 Å². The summed E-state index contributed by atoms with van der Waals surface area (Å²) in [4.78, 5) is 4.28. The Morgan fingerprint density at radius 1 is 0.923 bits per heavy atom. The summed E-state index contributed by atoms with van der Waals surface area (Å²) in [5, 5.41) is 6.67. The number of nitrogens with zero attached hydrogens (tertiary/aromatic N) is 1. The largest absolute Gasteiger partial charge is 0.493 e. The summed E-state index contributed by atoms with van der Waals surface area (Å²) in [6.07, 6.45) is -0.0311. The van der Waals surface area contributed by atoms with Gasteiger partial charge in [0.15, 0.2) is 17.5 Å². The SMILES string of the molecule is CN=C(NCC(C)Oc1ccccc1OC)NCC(C)c1ccccc1. The molecule has 26 heavy (non-hydrogen) atoms. The molecule has 0 aliphatic heterocycles. The second-order valence-corrected chi connectivity index (χ2v) is 6.23. The van der Waals surface area contributed by atoms with E-state index in [1.807, 2.05) is 37.3 Å². The first kappa shape index (κ1) is 19.6. The van der Waals surface area contributed by atoms with Crippen molar-refractivity contribution in [1.82, 2.24) is 10.6 Å². The summed E-state index contributed by atoms with van der Waals surface area (Å²) in [6, 6.07) is 18.1. The number of nitrogens with one attached hydrogen (secondary N) is 2. The molecule has 0 saturated heterocycles. The van der Waals surface area contributed by atoms with Crippen molar-refractivity contribution in [2.24, 2.45) is 4.99 Å². The van der Waals surface area contributed by atoms with Crippen LogP contribution in [0.5, 0.6) is 11.5 Å². The molecule has 2 atom stereocenters. The van der Waals surface area contributed by atoms with Crippen LogP contribution in [0.1, 0.15) is 25.3 Å². The number of rotatable bonds is 8. The van der Waals surface area contributed by atoms with Crippen molar-refractivity contribution >= 4 is 5.96 Å². The Morgan fingerprint density at radius 2 is 1.54 bits per heavy atom. The van der Waals surface area contributed by atoms with Crippen LogP contribution in [0, 0.1) is 0 Å². The number of aliphatic imine (C=N–C) groups is 1. The van der Waals surface area contributed by atoms with Crippen LogP contribution in [0.3, 0.4) is 0 Å². The third-order valence-electron chi connectivity index (χ3n) is 4.12. The predicted molar refractivity (Wildman–Crippen MR) is 107 cm³/mol. The topological polar surface area (TPSA) is 54.9 Å². The van der Waals surface area contributed by atoms with Gasteiger partial charge in [-0.2, -0.15) is 0 Å². The van der Waals surface area contributed by atoms with Gasteiger partial charge in [-0.05, 0) is 30.5 Å². The Bertz CT molecular complexity index is 689. The molecule has 0 aromatic heterocycles. The third-order valence-corrected chi connectivity index (χ3v) is 4.12. The maximum Gasteiger partial charge on any atom is 0.191 e. The summed E-state index contributed by atoms with van der Waals surface area (Å²) in [6.45, 7) is 5.66. The van der Waals surface area contributed by atoms with Crippen molar-refractivity contribution in [2.75, 3.05) is 27.2 Å². The van der Waals surface area contributed by atoms with E-state index in [2.05, 4.69) is 46.8 Å². The first-order valence-electron chi connectivity index (χ1n) is 8.93. The van der Waals surface area contributed by atoms with Crippen LogP contribution in [0.25, 0.3) is 0 Å². The second kappa shape index (κ2) is 10.3. The van der Waals surface area contributed by atoms with Crippen LogP contribution in [-0.4, -0.2) is 39.3 Å². The maximum atomic E-state index is 5.96. The van der Waals surface area contributed by atoms with Crippen LogP contribution < -0.4 is 20.1 Å². The van der Waals surface area contributed by atoms with E-state index in [9.17, 15) is 0 Å². The number of para-hydroxylation sites is 2. The molecule has 0 amide bonds. The minimum atomic E-state index is -0.0311. The maximum absolute atomic E-state index is 5.96. The van der Waals surface area contributed by atoms with Gasteiger partial charge in [-0.1, -0.05) is 49.4 Å². The molecule has 0 heterocycles. The zero-order valence-corrected chi connectivity index (χ0v) is 16.0. The minimum absolute atomic E-state index is 0.0311. The lowest BCUT2D eigenvalue weighted by molar-refractivity contribution is 0.213. The lowest BCUT2D eigenvalue weighted by Crippen LogP contribution is -2.42. The van der Waals surface area contributed by atoms with Crippen molar-refractivity contribution in [3.8, 4) is 11.5 Å². The Labute approximate surface area is 156 Å². The zero-order chi connectivity index (χ0) is 18.8. The third kappa shape index (κ3) is 5.99. The fourth-order valence-electron chi connectivity index (χ4n) is 2.58. The fraction of sp³-hybridized carbons (Fsp3) is 0.381. The Balaban J connectivity index is 1.79. The van der Waals surface area contributed by atoms with E-state index < -0.39 is 0 Å². The molecule has 2 aromatic rings. The molecular formula is C21H29N3O2. The summed E-state index contributed by atoms with van der Waals surface area (Å²) in [5.74, 6) is 2.64. The molecule has 0 saturated carbocycles. The van der Waals surface area contributed by atoms with Crippen molar-refractivity contribution in [1.29, 1.82) is 0 Å². The summed E-state index contributed by atoms with van der Waals surface area (Å²) >= 11 is 0. The number of benzene rings is 2. The molecule has 0 aliphatic rings.